The molecule has 0 aromatic carbocycles. The topological polar surface area (TPSA) is 73.5 Å². The van der Waals surface area contributed by atoms with E-state index in [-0.39, 0.29) is 5.91 Å². The predicted octanol–water partition coefficient (Wildman–Crippen LogP) is 0.400. The molecular weight excluding hydrogens is 256 g/mol. The first-order valence-corrected chi connectivity index (χ1v) is 7.46. The van der Waals surface area contributed by atoms with Crippen LogP contribution in [0.2, 0.25) is 0 Å². The molecule has 6 heteroatoms. The molecule has 1 aliphatic rings. The van der Waals surface area contributed by atoms with Crippen molar-refractivity contribution in [2.45, 2.75) is 26.7 Å². The van der Waals surface area contributed by atoms with Gasteiger partial charge in [0.2, 0.25) is 5.91 Å². The van der Waals surface area contributed by atoms with E-state index in [4.69, 9.17) is 0 Å². The highest BCUT2D eigenvalue weighted by atomic mass is 16.2. The van der Waals surface area contributed by atoms with Crippen LogP contribution in [0.15, 0.2) is 0 Å². The maximum Gasteiger partial charge on any atom is 0.321 e. The normalized spacial score (nSPS) is 17.2. The maximum absolute atomic E-state index is 11.7. The van der Waals surface area contributed by atoms with Gasteiger partial charge in [-0.05, 0) is 51.4 Å². The first-order valence-electron chi connectivity index (χ1n) is 7.46. The zero-order valence-corrected chi connectivity index (χ0v) is 12.9. The molecule has 0 unspecified atom stereocenters. The molecule has 0 aromatic rings. The quantitative estimate of drug-likeness (QED) is 0.660. The monoisotopic (exact) mass is 284 g/mol. The second kappa shape index (κ2) is 8.92. The number of urea groups is 1. The molecule has 1 heterocycles. The lowest BCUT2D eigenvalue weighted by atomic mass is 9.97. The molecular formula is C14H28N4O2. The molecule has 1 saturated heterocycles. The molecule has 3 N–H and O–H groups in total. The molecule has 116 valence electrons. The number of carbonyl (C=O) groups is 2. The molecule has 0 saturated carbocycles. The van der Waals surface area contributed by atoms with Gasteiger partial charge in [-0.3, -0.25) is 15.0 Å². The van der Waals surface area contributed by atoms with Gasteiger partial charge in [-0.2, -0.15) is 0 Å². The Morgan fingerprint density at radius 2 is 1.90 bits per heavy atom. The lowest BCUT2D eigenvalue weighted by Crippen LogP contribution is -2.47. The zero-order chi connectivity index (χ0) is 15.0. The van der Waals surface area contributed by atoms with E-state index in [1.807, 2.05) is 20.9 Å². The van der Waals surface area contributed by atoms with Gasteiger partial charge >= 0.3 is 6.03 Å². The van der Waals surface area contributed by atoms with Gasteiger partial charge in [0.1, 0.15) is 0 Å². The number of nitrogens with zero attached hydrogens (tertiary/aromatic N) is 1. The van der Waals surface area contributed by atoms with Crippen molar-refractivity contribution < 1.29 is 9.59 Å². The Labute approximate surface area is 121 Å². The summed E-state index contributed by atoms with van der Waals surface area (Å²) in [7, 11) is 1.97. The van der Waals surface area contributed by atoms with Crippen LogP contribution < -0.4 is 16.0 Å². The van der Waals surface area contributed by atoms with Gasteiger partial charge in [-0.15, -0.1) is 0 Å². The van der Waals surface area contributed by atoms with E-state index in [1.54, 1.807) is 0 Å². The summed E-state index contributed by atoms with van der Waals surface area (Å²) in [6, 6.07) is -0.395. The van der Waals surface area contributed by atoms with Crippen molar-refractivity contribution in [2.24, 2.45) is 11.8 Å². The fraction of sp³-hybridized carbons (Fsp3) is 0.857. The molecule has 0 aliphatic carbocycles. The first kappa shape index (κ1) is 16.9. The molecule has 20 heavy (non-hydrogen) atoms. The number of carbonyl (C=O) groups excluding carboxylic acids is 2. The highest BCUT2D eigenvalue weighted by Gasteiger charge is 2.20. The number of rotatable bonds is 6. The standard InChI is InChI=1S/C14H28N4O2/c1-11(2)8-16-14(20)17-13(19)10-18-6-4-12(5-7-18)9-15-3/h11-12,15H,4-10H2,1-3H3,(H2,16,17,19,20). The fourth-order valence-electron chi connectivity index (χ4n) is 2.35. The molecule has 0 aromatic heterocycles. The number of amides is 3. The second-order valence-corrected chi connectivity index (χ2v) is 5.93. The summed E-state index contributed by atoms with van der Waals surface area (Å²) >= 11 is 0. The van der Waals surface area contributed by atoms with Gasteiger partial charge in [0.05, 0.1) is 6.54 Å². The van der Waals surface area contributed by atoms with Crippen LogP contribution in [0.3, 0.4) is 0 Å². The van der Waals surface area contributed by atoms with Crippen LogP contribution in [0.4, 0.5) is 4.79 Å². The van der Waals surface area contributed by atoms with Gasteiger partial charge in [-0.25, -0.2) is 4.79 Å². The summed E-state index contributed by atoms with van der Waals surface area (Å²) in [6.45, 7) is 7.79. The summed E-state index contributed by atoms with van der Waals surface area (Å²) in [5.74, 6) is 0.856. The average molecular weight is 284 g/mol. The SMILES string of the molecule is CNCC1CCN(CC(=O)NC(=O)NCC(C)C)CC1. The average Bonchev–Trinajstić information content (AvgIpc) is 2.39. The van der Waals surface area contributed by atoms with Crippen LogP contribution in [-0.2, 0) is 4.79 Å². The summed E-state index contributed by atoms with van der Waals surface area (Å²) in [5, 5.41) is 8.24. The largest absolute Gasteiger partial charge is 0.338 e. The zero-order valence-electron chi connectivity index (χ0n) is 12.9. The summed E-state index contributed by atoms with van der Waals surface area (Å²) in [4.78, 5) is 25.3. The highest BCUT2D eigenvalue weighted by Crippen LogP contribution is 2.15. The third kappa shape index (κ3) is 6.86. The van der Waals surface area contributed by atoms with E-state index in [0.717, 1.165) is 32.5 Å². The van der Waals surface area contributed by atoms with E-state index < -0.39 is 6.03 Å². The van der Waals surface area contributed by atoms with E-state index in [1.165, 1.54) is 0 Å². The number of hydrogen-bond donors (Lipinski definition) is 3. The molecule has 1 rings (SSSR count). The summed E-state index contributed by atoms with van der Waals surface area (Å²) in [5.41, 5.74) is 0. The molecule has 1 fully saturated rings. The fourth-order valence-corrected chi connectivity index (χ4v) is 2.35. The van der Waals surface area contributed by atoms with Crippen LogP contribution in [0.5, 0.6) is 0 Å². The maximum atomic E-state index is 11.7. The van der Waals surface area contributed by atoms with E-state index in [9.17, 15) is 9.59 Å². The molecule has 6 nitrogen and oxygen atoms in total. The molecule has 0 radical (unpaired) electrons. The van der Waals surface area contributed by atoms with Crippen LogP contribution >= 0.6 is 0 Å². The molecule has 0 bridgehead atoms. The number of nitrogens with one attached hydrogen (secondary N) is 3. The van der Waals surface area contributed by atoms with Crippen LogP contribution in [0.1, 0.15) is 26.7 Å². The van der Waals surface area contributed by atoms with Crippen molar-refractivity contribution in [1.82, 2.24) is 20.9 Å². The summed E-state index contributed by atoms with van der Waals surface area (Å²) in [6.07, 6.45) is 2.21. The van der Waals surface area contributed by atoms with Crippen LogP contribution in [0, 0.1) is 11.8 Å². The molecule has 0 spiro atoms. The third-order valence-electron chi connectivity index (χ3n) is 3.49. The van der Waals surface area contributed by atoms with Crippen molar-refractivity contribution in [3.05, 3.63) is 0 Å². The first-order chi connectivity index (χ1) is 9.51. The Hall–Kier alpha value is -1.14. The Balaban J connectivity index is 2.18. The minimum Gasteiger partial charge on any atom is -0.338 e. The van der Waals surface area contributed by atoms with Crippen molar-refractivity contribution >= 4 is 11.9 Å². The predicted molar refractivity (Wildman–Crippen MR) is 79.5 cm³/mol. The van der Waals surface area contributed by atoms with Crippen LogP contribution in [-0.4, -0.2) is 56.6 Å². The minimum absolute atomic E-state index is 0.224. The molecule has 3 amide bonds. The Kier molecular flexibility index (Phi) is 7.54. The Bertz CT molecular complexity index is 312. The van der Waals surface area contributed by atoms with E-state index in [0.29, 0.717) is 24.9 Å². The molecule has 1 aliphatic heterocycles. The van der Waals surface area contributed by atoms with Gasteiger partial charge in [0, 0.05) is 6.54 Å². The number of piperidine rings is 1. The number of imide groups is 1. The third-order valence-corrected chi connectivity index (χ3v) is 3.49. The van der Waals surface area contributed by atoms with Crippen molar-refractivity contribution in [3.63, 3.8) is 0 Å². The van der Waals surface area contributed by atoms with Gasteiger partial charge in [-0.1, -0.05) is 13.8 Å². The Morgan fingerprint density at radius 3 is 2.45 bits per heavy atom. The lowest BCUT2D eigenvalue weighted by Gasteiger charge is -2.31. The molecule has 0 atom stereocenters. The number of hydrogen-bond acceptors (Lipinski definition) is 4. The van der Waals surface area contributed by atoms with Gasteiger partial charge < -0.3 is 10.6 Å². The summed E-state index contributed by atoms with van der Waals surface area (Å²) < 4.78 is 0. The van der Waals surface area contributed by atoms with Crippen LogP contribution in [0.25, 0.3) is 0 Å². The van der Waals surface area contributed by atoms with E-state index in [2.05, 4.69) is 20.9 Å². The Morgan fingerprint density at radius 1 is 1.25 bits per heavy atom. The van der Waals surface area contributed by atoms with Gasteiger partial charge in [0.15, 0.2) is 0 Å². The van der Waals surface area contributed by atoms with E-state index >= 15 is 0 Å². The van der Waals surface area contributed by atoms with Crippen molar-refractivity contribution in [2.75, 3.05) is 39.8 Å². The van der Waals surface area contributed by atoms with Crippen molar-refractivity contribution in [3.8, 4) is 0 Å². The lowest BCUT2D eigenvalue weighted by molar-refractivity contribution is -0.121. The highest BCUT2D eigenvalue weighted by molar-refractivity contribution is 5.95. The smallest absolute Gasteiger partial charge is 0.321 e. The van der Waals surface area contributed by atoms with Gasteiger partial charge in [0.25, 0.3) is 0 Å². The number of likely N-dealkylation sites (tertiary alicyclic amines) is 1. The second-order valence-electron chi connectivity index (χ2n) is 5.93. The van der Waals surface area contributed by atoms with Crippen molar-refractivity contribution in [1.29, 1.82) is 0 Å². The minimum atomic E-state index is -0.395.